The first-order valence-electron chi connectivity index (χ1n) is 13.0. The van der Waals surface area contributed by atoms with E-state index >= 15 is 0 Å². The van der Waals surface area contributed by atoms with Crippen molar-refractivity contribution >= 4 is 0 Å². The zero-order chi connectivity index (χ0) is 21.0. The third kappa shape index (κ3) is 3.53. The van der Waals surface area contributed by atoms with Gasteiger partial charge in [-0.1, -0.05) is 53.9 Å². The summed E-state index contributed by atoms with van der Waals surface area (Å²) in [6.07, 6.45) is 14.1. The van der Waals surface area contributed by atoms with Gasteiger partial charge in [0.25, 0.3) is 0 Å². The first-order chi connectivity index (χ1) is 13.6. The molecule has 168 valence electrons. The second kappa shape index (κ2) is 7.80. The fraction of sp³-hybridized carbons (Fsp3) is 1.00. The van der Waals surface area contributed by atoms with E-state index in [1.807, 2.05) is 0 Å². The van der Waals surface area contributed by atoms with E-state index in [0.29, 0.717) is 17.8 Å². The standard InChI is InChI=1S/C27H48O2/c1-18(2)7-6-8-19(3)22-9-10-23-21-12-16-27(29)17-20(28)11-15-26(27,5)24(21)13-14-25(22,23)4/h18-24,28-29H,6-17H2,1-5H3/t19-,20-,21+,22+,23-,24+,25+,26+,27+/m0/s1. The highest BCUT2D eigenvalue weighted by Gasteiger charge is 2.64. The van der Waals surface area contributed by atoms with Crippen LogP contribution in [0.3, 0.4) is 0 Å². The Morgan fingerprint density at radius 3 is 2.34 bits per heavy atom. The van der Waals surface area contributed by atoms with Crippen LogP contribution < -0.4 is 0 Å². The van der Waals surface area contributed by atoms with Crippen LogP contribution in [0.5, 0.6) is 0 Å². The number of aliphatic hydroxyl groups excluding tert-OH is 1. The van der Waals surface area contributed by atoms with E-state index in [1.165, 1.54) is 51.4 Å². The minimum atomic E-state index is -0.623. The summed E-state index contributed by atoms with van der Waals surface area (Å²) in [6, 6.07) is 0. The minimum Gasteiger partial charge on any atom is -0.393 e. The van der Waals surface area contributed by atoms with Crippen LogP contribution in [0.25, 0.3) is 0 Å². The van der Waals surface area contributed by atoms with Gasteiger partial charge >= 0.3 is 0 Å². The molecule has 0 radical (unpaired) electrons. The number of rotatable bonds is 5. The molecule has 0 saturated heterocycles. The van der Waals surface area contributed by atoms with Gasteiger partial charge in [0.1, 0.15) is 0 Å². The van der Waals surface area contributed by atoms with Crippen LogP contribution in [0.15, 0.2) is 0 Å². The largest absolute Gasteiger partial charge is 0.393 e. The zero-order valence-corrected chi connectivity index (χ0v) is 19.9. The molecule has 0 aliphatic heterocycles. The van der Waals surface area contributed by atoms with Crippen LogP contribution in [-0.2, 0) is 0 Å². The first-order valence-corrected chi connectivity index (χ1v) is 13.0. The summed E-state index contributed by atoms with van der Waals surface area (Å²) < 4.78 is 0. The molecule has 0 bridgehead atoms. The molecule has 4 aliphatic rings. The second-order valence-electron chi connectivity index (χ2n) is 12.8. The predicted molar refractivity (Wildman–Crippen MR) is 121 cm³/mol. The average Bonchev–Trinajstić information content (AvgIpc) is 2.99. The molecule has 4 aliphatic carbocycles. The van der Waals surface area contributed by atoms with E-state index in [4.69, 9.17) is 0 Å². The number of aliphatic hydroxyl groups is 2. The molecule has 4 saturated carbocycles. The molecule has 0 heterocycles. The van der Waals surface area contributed by atoms with Gasteiger partial charge in [-0.2, -0.15) is 0 Å². The summed E-state index contributed by atoms with van der Waals surface area (Å²) in [5.41, 5.74) is -0.0719. The molecule has 9 atom stereocenters. The summed E-state index contributed by atoms with van der Waals surface area (Å²) in [5.74, 6) is 4.94. The number of hydrogen-bond acceptors (Lipinski definition) is 2. The van der Waals surface area contributed by atoms with E-state index in [9.17, 15) is 10.2 Å². The normalized spacial score (nSPS) is 50.7. The van der Waals surface area contributed by atoms with Crippen LogP contribution in [0.1, 0.15) is 112 Å². The molecule has 2 heteroatoms. The van der Waals surface area contributed by atoms with E-state index in [0.717, 1.165) is 48.9 Å². The maximum atomic E-state index is 11.6. The third-order valence-corrected chi connectivity index (χ3v) is 11.0. The van der Waals surface area contributed by atoms with E-state index in [-0.39, 0.29) is 11.5 Å². The molecular formula is C27H48O2. The Morgan fingerprint density at radius 2 is 1.62 bits per heavy atom. The molecule has 2 N–H and O–H groups in total. The molecular weight excluding hydrogens is 356 g/mol. The fourth-order valence-corrected chi connectivity index (χ4v) is 9.25. The van der Waals surface area contributed by atoms with Gasteiger partial charge in [-0.3, -0.25) is 0 Å². The van der Waals surface area contributed by atoms with Gasteiger partial charge in [0.05, 0.1) is 11.7 Å². The van der Waals surface area contributed by atoms with Gasteiger partial charge in [0.15, 0.2) is 0 Å². The highest BCUT2D eigenvalue weighted by Crippen LogP contribution is 2.69. The summed E-state index contributed by atoms with van der Waals surface area (Å²) in [7, 11) is 0. The summed E-state index contributed by atoms with van der Waals surface area (Å²) in [6.45, 7) is 12.3. The van der Waals surface area contributed by atoms with Crippen molar-refractivity contribution in [2.45, 2.75) is 123 Å². The van der Waals surface area contributed by atoms with Crippen molar-refractivity contribution in [2.24, 2.45) is 46.3 Å². The highest BCUT2D eigenvalue weighted by molar-refractivity contribution is 5.14. The summed E-state index contributed by atoms with van der Waals surface area (Å²) >= 11 is 0. The minimum absolute atomic E-state index is 0.0252. The van der Waals surface area contributed by atoms with Crippen molar-refractivity contribution in [3.05, 3.63) is 0 Å². The molecule has 0 aromatic carbocycles. The molecule has 0 spiro atoms. The van der Waals surface area contributed by atoms with E-state index in [2.05, 4.69) is 34.6 Å². The van der Waals surface area contributed by atoms with E-state index < -0.39 is 5.60 Å². The fourth-order valence-electron chi connectivity index (χ4n) is 9.25. The Morgan fingerprint density at radius 1 is 0.862 bits per heavy atom. The molecule has 0 amide bonds. The first kappa shape index (κ1) is 22.1. The Kier molecular flexibility index (Phi) is 5.95. The van der Waals surface area contributed by atoms with Gasteiger partial charge < -0.3 is 10.2 Å². The lowest BCUT2D eigenvalue weighted by molar-refractivity contribution is -0.220. The average molecular weight is 405 g/mol. The van der Waals surface area contributed by atoms with Gasteiger partial charge in [-0.25, -0.2) is 0 Å². The summed E-state index contributed by atoms with van der Waals surface area (Å²) in [5, 5.41) is 21.8. The Labute approximate surface area is 180 Å². The third-order valence-electron chi connectivity index (χ3n) is 11.0. The molecule has 2 nitrogen and oxygen atoms in total. The molecule has 4 rings (SSSR count). The van der Waals surface area contributed by atoms with Crippen molar-refractivity contribution in [3.8, 4) is 0 Å². The van der Waals surface area contributed by atoms with Crippen LogP contribution in [0.4, 0.5) is 0 Å². The molecule has 0 aromatic rings. The number of fused-ring (bicyclic) bond motifs is 5. The maximum absolute atomic E-state index is 11.6. The Hall–Kier alpha value is -0.0800. The SMILES string of the molecule is CC(C)CCC[C@H](C)[C@H]1CC[C@H]2[C@H]3CC[C@@]4(O)C[C@@H](O)CC[C@]4(C)[C@@H]3CC[C@]12C. The molecule has 0 unspecified atom stereocenters. The Bertz CT molecular complexity index is 587. The van der Waals surface area contributed by atoms with Crippen molar-refractivity contribution in [2.75, 3.05) is 0 Å². The van der Waals surface area contributed by atoms with Crippen molar-refractivity contribution in [1.82, 2.24) is 0 Å². The van der Waals surface area contributed by atoms with Crippen LogP contribution in [-0.4, -0.2) is 21.9 Å². The second-order valence-corrected chi connectivity index (χ2v) is 12.8. The van der Waals surface area contributed by atoms with Crippen molar-refractivity contribution in [3.63, 3.8) is 0 Å². The van der Waals surface area contributed by atoms with E-state index in [1.54, 1.807) is 0 Å². The summed E-state index contributed by atoms with van der Waals surface area (Å²) in [4.78, 5) is 0. The lowest BCUT2D eigenvalue weighted by atomic mass is 9.43. The lowest BCUT2D eigenvalue weighted by Crippen LogP contribution is -2.62. The quantitative estimate of drug-likeness (QED) is 0.543. The van der Waals surface area contributed by atoms with Crippen LogP contribution in [0.2, 0.25) is 0 Å². The highest BCUT2D eigenvalue weighted by atomic mass is 16.3. The topological polar surface area (TPSA) is 40.5 Å². The molecule has 0 aromatic heterocycles. The maximum Gasteiger partial charge on any atom is 0.0728 e. The predicted octanol–water partition coefficient (Wildman–Crippen LogP) is 6.58. The van der Waals surface area contributed by atoms with Crippen LogP contribution in [0, 0.1) is 46.3 Å². The number of hydrogen-bond donors (Lipinski definition) is 2. The zero-order valence-electron chi connectivity index (χ0n) is 19.9. The van der Waals surface area contributed by atoms with Crippen molar-refractivity contribution < 1.29 is 10.2 Å². The van der Waals surface area contributed by atoms with Gasteiger partial charge in [0, 0.05) is 6.42 Å². The molecule has 29 heavy (non-hydrogen) atoms. The Balaban J connectivity index is 1.49. The van der Waals surface area contributed by atoms with Gasteiger partial charge in [0.2, 0.25) is 0 Å². The monoisotopic (exact) mass is 404 g/mol. The van der Waals surface area contributed by atoms with Crippen LogP contribution >= 0.6 is 0 Å². The molecule has 4 fully saturated rings. The van der Waals surface area contributed by atoms with Crippen molar-refractivity contribution in [1.29, 1.82) is 0 Å². The smallest absolute Gasteiger partial charge is 0.0728 e. The lowest BCUT2D eigenvalue weighted by Gasteiger charge is -2.64. The van der Waals surface area contributed by atoms with Gasteiger partial charge in [-0.05, 0) is 97.7 Å². The van der Waals surface area contributed by atoms with Gasteiger partial charge in [-0.15, -0.1) is 0 Å².